The Labute approximate surface area is 122 Å². The molecule has 0 aliphatic heterocycles. The van der Waals surface area contributed by atoms with Gasteiger partial charge in [-0.25, -0.2) is 0 Å². The summed E-state index contributed by atoms with van der Waals surface area (Å²) >= 11 is 0. The van der Waals surface area contributed by atoms with Gasteiger partial charge >= 0.3 is 0 Å². The molecule has 0 heteroatoms. The molecule has 0 atom stereocenters. The molecule has 102 valence electrons. The van der Waals surface area contributed by atoms with E-state index < -0.39 is 0 Å². The van der Waals surface area contributed by atoms with Crippen LogP contribution in [-0.2, 0) is 0 Å². The van der Waals surface area contributed by atoms with Crippen molar-refractivity contribution in [3.8, 4) is 0 Å². The molecule has 0 unspecified atom stereocenters. The minimum absolute atomic E-state index is 0.955. The van der Waals surface area contributed by atoms with Crippen molar-refractivity contribution < 1.29 is 0 Å². The van der Waals surface area contributed by atoms with Crippen LogP contribution < -0.4 is 0 Å². The molecular weight excluding hydrogens is 240 g/mol. The molecule has 0 amide bonds. The Balaban J connectivity index is 1.65. The van der Waals surface area contributed by atoms with Gasteiger partial charge in [-0.1, -0.05) is 54.6 Å². The van der Waals surface area contributed by atoms with Crippen LogP contribution in [0.4, 0.5) is 0 Å². The lowest BCUT2D eigenvalue weighted by Gasteiger charge is -2.08. The molecule has 0 saturated carbocycles. The van der Waals surface area contributed by atoms with Crippen molar-refractivity contribution >= 4 is 6.08 Å². The van der Waals surface area contributed by atoms with E-state index in [0.717, 1.165) is 6.42 Å². The van der Waals surface area contributed by atoms with Crippen molar-refractivity contribution in [2.45, 2.75) is 39.0 Å². The van der Waals surface area contributed by atoms with Crippen molar-refractivity contribution in [3.05, 3.63) is 76.4 Å². The van der Waals surface area contributed by atoms with Crippen LogP contribution in [0.5, 0.6) is 0 Å². The Morgan fingerprint density at radius 2 is 2.10 bits per heavy atom. The van der Waals surface area contributed by atoms with Gasteiger partial charge in [0.15, 0.2) is 0 Å². The predicted octanol–water partition coefficient (Wildman–Crippen LogP) is 5.77. The predicted molar refractivity (Wildman–Crippen MR) is 87.5 cm³/mol. The fraction of sp³-hybridized carbons (Fsp3) is 0.300. The highest BCUT2D eigenvalue weighted by atomic mass is 14.3. The molecular formula is C20H22. The van der Waals surface area contributed by atoms with Gasteiger partial charge in [-0.3, -0.25) is 0 Å². The SMILES string of the molecule is C=C(C/C=C/c1ccccc1C)C1=CCC2=C1CCC2. The summed E-state index contributed by atoms with van der Waals surface area (Å²) in [6.45, 7) is 6.45. The second-order valence-corrected chi connectivity index (χ2v) is 5.82. The van der Waals surface area contributed by atoms with Gasteiger partial charge in [0.25, 0.3) is 0 Å². The summed E-state index contributed by atoms with van der Waals surface area (Å²) in [6.07, 6.45) is 12.9. The van der Waals surface area contributed by atoms with Gasteiger partial charge in [0.05, 0.1) is 0 Å². The average molecular weight is 262 g/mol. The zero-order valence-corrected chi connectivity index (χ0v) is 12.3. The minimum Gasteiger partial charge on any atom is -0.0949 e. The van der Waals surface area contributed by atoms with Gasteiger partial charge in [0.1, 0.15) is 0 Å². The lowest BCUT2D eigenvalue weighted by Crippen LogP contribution is -1.89. The van der Waals surface area contributed by atoms with Crippen LogP contribution in [0.3, 0.4) is 0 Å². The lowest BCUT2D eigenvalue weighted by molar-refractivity contribution is 0.876. The minimum atomic E-state index is 0.955. The molecule has 2 aliphatic carbocycles. The van der Waals surface area contributed by atoms with Crippen LogP contribution in [0.1, 0.15) is 43.2 Å². The summed E-state index contributed by atoms with van der Waals surface area (Å²) in [4.78, 5) is 0. The molecule has 1 aromatic carbocycles. The van der Waals surface area contributed by atoms with E-state index in [1.165, 1.54) is 48.0 Å². The quantitative estimate of drug-likeness (QED) is 0.646. The highest BCUT2D eigenvalue weighted by molar-refractivity contribution is 5.57. The molecule has 0 nitrogen and oxygen atoms in total. The smallest absolute Gasteiger partial charge is 0.00941 e. The highest BCUT2D eigenvalue weighted by Crippen LogP contribution is 2.41. The maximum Gasteiger partial charge on any atom is -0.00941 e. The van der Waals surface area contributed by atoms with Gasteiger partial charge in [0.2, 0.25) is 0 Å². The molecule has 2 aliphatic rings. The maximum absolute atomic E-state index is 4.30. The first-order chi connectivity index (χ1) is 9.75. The Bertz CT molecular complexity index is 623. The van der Waals surface area contributed by atoms with E-state index in [4.69, 9.17) is 0 Å². The van der Waals surface area contributed by atoms with E-state index in [-0.39, 0.29) is 0 Å². The van der Waals surface area contributed by atoms with Crippen molar-refractivity contribution in [1.82, 2.24) is 0 Å². The van der Waals surface area contributed by atoms with Crippen molar-refractivity contribution in [3.63, 3.8) is 0 Å². The molecule has 0 saturated heterocycles. The largest absolute Gasteiger partial charge is 0.0949 e. The molecule has 3 rings (SSSR count). The number of benzene rings is 1. The first-order valence-corrected chi connectivity index (χ1v) is 7.57. The second-order valence-electron chi connectivity index (χ2n) is 5.82. The van der Waals surface area contributed by atoms with Crippen LogP contribution in [-0.4, -0.2) is 0 Å². The molecule has 0 spiro atoms. The van der Waals surface area contributed by atoms with Crippen LogP contribution in [0.15, 0.2) is 65.3 Å². The Morgan fingerprint density at radius 3 is 2.95 bits per heavy atom. The number of aryl methyl sites for hydroxylation is 1. The summed E-state index contributed by atoms with van der Waals surface area (Å²) in [7, 11) is 0. The fourth-order valence-electron chi connectivity index (χ4n) is 3.27. The van der Waals surface area contributed by atoms with Crippen LogP contribution in [0, 0.1) is 6.92 Å². The summed E-state index contributed by atoms with van der Waals surface area (Å²) in [5, 5.41) is 0. The van der Waals surface area contributed by atoms with Gasteiger partial charge in [-0.15, -0.1) is 0 Å². The standard InChI is InChI=1S/C20H22/c1-15-7-3-4-9-17(15)10-5-8-16(2)19-14-13-18-11-6-12-20(18)19/h3-5,7,9-10,14H,2,6,8,11-13H2,1H3/b10-5+. The third kappa shape index (κ3) is 2.56. The third-order valence-electron chi connectivity index (χ3n) is 4.44. The van der Waals surface area contributed by atoms with Crippen LogP contribution in [0.25, 0.3) is 6.08 Å². The lowest BCUT2D eigenvalue weighted by atomic mass is 9.97. The molecule has 1 aromatic rings. The molecule has 0 heterocycles. The topological polar surface area (TPSA) is 0 Å². The number of allylic oxidation sites excluding steroid dienone is 6. The number of hydrogen-bond donors (Lipinski definition) is 0. The molecule has 0 N–H and O–H groups in total. The Hall–Kier alpha value is -1.82. The van der Waals surface area contributed by atoms with E-state index in [1.54, 1.807) is 11.1 Å². The Kier molecular flexibility index (Phi) is 3.73. The summed E-state index contributed by atoms with van der Waals surface area (Å²) in [5.41, 5.74) is 8.65. The Morgan fingerprint density at radius 1 is 1.25 bits per heavy atom. The van der Waals surface area contributed by atoms with E-state index in [1.807, 2.05) is 0 Å². The van der Waals surface area contributed by atoms with Gasteiger partial charge in [-0.2, -0.15) is 0 Å². The van der Waals surface area contributed by atoms with Gasteiger partial charge < -0.3 is 0 Å². The van der Waals surface area contributed by atoms with Crippen LogP contribution >= 0.6 is 0 Å². The normalized spacial score (nSPS) is 17.8. The zero-order valence-electron chi connectivity index (χ0n) is 12.3. The number of hydrogen-bond acceptors (Lipinski definition) is 0. The molecule has 0 radical (unpaired) electrons. The van der Waals surface area contributed by atoms with E-state index in [0.29, 0.717) is 0 Å². The van der Waals surface area contributed by atoms with Gasteiger partial charge in [-0.05, 0) is 66.9 Å². The van der Waals surface area contributed by atoms with Crippen LogP contribution in [0.2, 0.25) is 0 Å². The second kappa shape index (κ2) is 5.66. The van der Waals surface area contributed by atoms with E-state index in [2.05, 4.69) is 56.0 Å². The first kappa shape index (κ1) is 13.2. The number of rotatable bonds is 4. The highest BCUT2D eigenvalue weighted by Gasteiger charge is 2.22. The maximum atomic E-state index is 4.30. The van der Waals surface area contributed by atoms with Crippen molar-refractivity contribution in [2.75, 3.05) is 0 Å². The molecule has 0 fully saturated rings. The van der Waals surface area contributed by atoms with Crippen molar-refractivity contribution in [1.29, 1.82) is 0 Å². The van der Waals surface area contributed by atoms with Gasteiger partial charge in [0, 0.05) is 0 Å². The first-order valence-electron chi connectivity index (χ1n) is 7.57. The summed E-state index contributed by atoms with van der Waals surface area (Å²) in [6, 6.07) is 8.50. The summed E-state index contributed by atoms with van der Waals surface area (Å²) in [5.74, 6) is 0. The van der Waals surface area contributed by atoms with E-state index >= 15 is 0 Å². The van der Waals surface area contributed by atoms with Crippen molar-refractivity contribution in [2.24, 2.45) is 0 Å². The molecule has 0 aromatic heterocycles. The fourth-order valence-corrected chi connectivity index (χ4v) is 3.27. The average Bonchev–Trinajstić information content (AvgIpc) is 3.03. The molecule has 20 heavy (non-hydrogen) atoms. The summed E-state index contributed by atoms with van der Waals surface area (Å²) < 4.78 is 0. The zero-order chi connectivity index (χ0) is 13.9. The monoisotopic (exact) mass is 262 g/mol. The molecule has 0 bridgehead atoms. The third-order valence-corrected chi connectivity index (χ3v) is 4.44. The van der Waals surface area contributed by atoms with E-state index in [9.17, 15) is 0 Å².